The number of carbonyl (C=O) groups excluding carboxylic acids is 1. The van der Waals surface area contributed by atoms with E-state index < -0.39 is 0 Å². The average Bonchev–Trinajstić information content (AvgIpc) is 2.70. The Morgan fingerprint density at radius 2 is 1.88 bits per heavy atom. The van der Waals surface area contributed by atoms with Crippen molar-refractivity contribution in [3.63, 3.8) is 0 Å². The molecule has 1 heterocycles. The van der Waals surface area contributed by atoms with Crippen LogP contribution in [-0.2, 0) is 14.3 Å². The summed E-state index contributed by atoms with van der Waals surface area (Å²) in [6.07, 6.45) is 5.67. The molecule has 2 atom stereocenters. The SMILES string of the molecule is CC.CCOC1=C/C(C)/C(=C/c2ccc(P)cc2)C(=O)NC/C=C\1OC. The largest absolute Gasteiger partial charge is 0.493 e. The van der Waals surface area contributed by atoms with Crippen LogP contribution in [0, 0.1) is 5.92 Å². The van der Waals surface area contributed by atoms with Crippen LogP contribution >= 0.6 is 9.24 Å². The summed E-state index contributed by atoms with van der Waals surface area (Å²) in [6.45, 7) is 8.83. The van der Waals surface area contributed by atoms with E-state index >= 15 is 0 Å². The van der Waals surface area contributed by atoms with Gasteiger partial charge in [0.25, 0.3) is 0 Å². The van der Waals surface area contributed by atoms with E-state index in [1.165, 1.54) is 0 Å². The third-order valence-corrected chi connectivity index (χ3v) is 4.11. The first-order valence-electron chi connectivity index (χ1n) is 8.99. The highest BCUT2D eigenvalue weighted by Crippen LogP contribution is 2.23. The summed E-state index contributed by atoms with van der Waals surface area (Å²) >= 11 is 0. The minimum absolute atomic E-state index is 0.0850. The Hall–Kier alpha value is -2.06. The quantitative estimate of drug-likeness (QED) is 0.643. The zero-order chi connectivity index (χ0) is 19.5. The van der Waals surface area contributed by atoms with Gasteiger partial charge in [-0.2, -0.15) is 0 Å². The number of benzene rings is 1. The van der Waals surface area contributed by atoms with Gasteiger partial charge in [-0.05, 0) is 36.0 Å². The second kappa shape index (κ2) is 11.5. The first-order chi connectivity index (χ1) is 12.5. The fraction of sp³-hybridized carbons (Fsp3) is 0.381. The highest BCUT2D eigenvalue weighted by atomic mass is 31.0. The lowest BCUT2D eigenvalue weighted by Gasteiger charge is -2.14. The number of methoxy groups -OCH3 is 1. The fourth-order valence-electron chi connectivity index (χ4n) is 2.47. The van der Waals surface area contributed by atoms with Gasteiger partial charge in [-0.3, -0.25) is 4.79 Å². The Kier molecular flexibility index (Phi) is 9.75. The summed E-state index contributed by atoms with van der Waals surface area (Å²) in [5.41, 5.74) is 1.68. The molecule has 0 bridgehead atoms. The van der Waals surface area contributed by atoms with E-state index in [1.54, 1.807) is 7.11 Å². The van der Waals surface area contributed by atoms with Gasteiger partial charge in [0.1, 0.15) is 0 Å². The van der Waals surface area contributed by atoms with Gasteiger partial charge < -0.3 is 14.8 Å². The van der Waals surface area contributed by atoms with Crippen molar-refractivity contribution in [2.75, 3.05) is 20.3 Å². The Balaban J connectivity index is 0.00000163. The molecule has 1 aromatic rings. The van der Waals surface area contributed by atoms with Crippen LogP contribution in [0.15, 0.2) is 53.5 Å². The van der Waals surface area contributed by atoms with Gasteiger partial charge in [0.2, 0.25) is 5.91 Å². The molecule has 0 saturated carbocycles. The van der Waals surface area contributed by atoms with Crippen molar-refractivity contribution in [3.05, 3.63) is 59.1 Å². The Morgan fingerprint density at radius 3 is 2.46 bits per heavy atom. The molecule has 0 aromatic heterocycles. The molecule has 2 unspecified atom stereocenters. The van der Waals surface area contributed by atoms with Crippen molar-refractivity contribution in [3.8, 4) is 0 Å². The molecule has 0 fully saturated rings. The van der Waals surface area contributed by atoms with E-state index in [9.17, 15) is 4.79 Å². The number of ether oxygens (including phenoxy) is 2. The van der Waals surface area contributed by atoms with E-state index in [0.717, 1.165) is 10.9 Å². The van der Waals surface area contributed by atoms with Crippen LogP contribution in [0.3, 0.4) is 0 Å². The summed E-state index contributed by atoms with van der Waals surface area (Å²) in [5.74, 6) is 1.10. The monoisotopic (exact) mass is 375 g/mol. The minimum atomic E-state index is -0.112. The molecule has 142 valence electrons. The number of hydrogen-bond acceptors (Lipinski definition) is 3. The van der Waals surface area contributed by atoms with Crippen molar-refractivity contribution in [1.29, 1.82) is 0 Å². The van der Waals surface area contributed by atoms with Crippen LogP contribution in [0.2, 0.25) is 0 Å². The van der Waals surface area contributed by atoms with Gasteiger partial charge in [-0.1, -0.05) is 45.0 Å². The molecular formula is C21H30NO3P. The zero-order valence-corrected chi connectivity index (χ0v) is 17.5. The molecular weight excluding hydrogens is 345 g/mol. The highest BCUT2D eigenvalue weighted by Gasteiger charge is 2.20. The van der Waals surface area contributed by atoms with Crippen molar-refractivity contribution in [2.45, 2.75) is 27.7 Å². The molecule has 0 aliphatic carbocycles. The van der Waals surface area contributed by atoms with E-state index in [-0.39, 0.29) is 11.8 Å². The van der Waals surface area contributed by atoms with E-state index in [0.29, 0.717) is 30.2 Å². The van der Waals surface area contributed by atoms with Crippen LogP contribution < -0.4 is 10.6 Å². The smallest absolute Gasteiger partial charge is 0.248 e. The Labute approximate surface area is 159 Å². The van der Waals surface area contributed by atoms with Crippen LogP contribution in [0.1, 0.15) is 33.3 Å². The van der Waals surface area contributed by atoms with E-state index in [4.69, 9.17) is 9.47 Å². The normalized spacial score (nSPS) is 22.9. The van der Waals surface area contributed by atoms with Crippen molar-refractivity contribution >= 4 is 26.5 Å². The lowest BCUT2D eigenvalue weighted by Crippen LogP contribution is -2.27. The first kappa shape index (κ1) is 22.0. The number of amides is 1. The summed E-state index contributed by atoms with van der Waals surface area (Å²) in [4.78, 5) is 12.5. The summed E-state index contributed by atoms with van der Waals surface area (Å²) < 4.78 is 11.1. The van der Waals surface area contributed by atoms with Gasteiger partial charge >= 0.3 is 0 Å². The van der Waals surface area contributed by atoms with Crippen molar-refractivity contribution in [1.82, 2.24) is 5.32 Å². The molecule has 0 radical (unpaired) electrons. The van der Waals surface area contributed by atoms with Crippen LogP contribution in [-0.4, -0.2) is 26.2 Å². The minimum Gasteiger partial charge on any atom is -0.493 e. The molecule has 1 aliphatic rings. The molecule has 1 aliphatic heterocycles. The summed E-state index contributed by atoms with van der Waals surface area (Å²) in [5, 5.41) is 4.01. The molecule has 4 nitrogen and oxygen atoms in total. The molecule has 1 amide bonds. The standard InChI is InChI=1S/C19H24NO3P.C2H6/c1-4-23-18-11-13(2)16(12-14-5-7-15(24)8-6-14)19(21)20-10-9-17(18)22-3;1-2/h5-9,11-13H,4,10,24H2,1-3H3,(H,20,21);1-2H3/b16-12-,17-9+,18-11+;. The molecule has 1 aromatic carbocycles. The van der Waals surface area contributed by atoms with Gasteiger partial charge in [-0.25, -0.2) is 0 Å². The molecule has 0 spiro atoms. The molecule has 26 heavy (non-hydrogen) atoms. The summed E-state index contributed by atoms with van der Waals surface area (Å²) in [7, 11) is 4.26. The van der Waals surface area contributed by atoms with Crippen LogP contribution in [0.5, 0.6) is 0 Å². The topological polar surface area (TPSA) is 47.6 Å². The van der Waals surface area contributed by atoms with E-state index in [2.05, 4.69) is 14.6 Å². The van der Waals surface area contributed by atoms with Crippen molar-refractivity contribution in [2.24, 2.45) is 5.92 Å². The number of allylic oxidation sites excluding steroid dienone is 1. The molecule has 1 N–H and O–H groups in total. The molecule has 5 heteroatoms. The number of nitrogens with one attached hydrogen (secondary N) is 1. The summed E-state index contributed by atoms with van der Waals surface area (Å²) in [6, 6.07) is 7.99. The fourth-order valence-corrected chi connectivity index (χ4v) is 2.66. The highest BCUT2D eigenvalue weighted by molar-refractivity contribution is 7.27. The number of hydrogen-bond donors (Lipinski definition) is 1. The van der Waals surface area contributed by atoms with Gasteiger partial charge in [0.15, 0.2) is 11.5 Å². The lowest BCUT2D eigenvalue weighted by molar-refractivity contribution is -0.117. The number of carbonyl (C=O) groups is 1. The molecule has 2 rings (SSSR count). The maximum absolute atomic E-state index is 12.5. The lowest BCUT2D eigenvalue weighted by atomic mass is 9.96. The first-order valence-corrected chi connectivity index (χ1v) is 9.57. The third-order valence-electron chi connectivity index (χ3n) is 3.73. The Bertz CT molecular complexity index is 675. The predicted molar refractivity (Wildman–Crippen MR) is 112 cm³/mol. The van der Waals surface area contributed by atoms with Crippen molar-refractivity contribution < 1.29 is 14.3 Å². The van der Waals surface area contributed by atoms with Gasteiger partial charge in [0, 0.05) is 18.0 Å². The zero-order valence-electron chi connectivity index (χ0n) is 16.3. The average molecular weight is 375 g/mol. The maximum atomic E-state index is 12.5. The molecule has 0 saturated heterocycles. The second-order valence-electron chi connectivity index (χ2n) is 5.50. The van der Waals surface area contributed by atoms with Crippen LogP contribution in [0.4, 0.5) is 0 Å². The second-order valence-corrected chi connectivity index (χ2v) is 6.17. The third kappa shape index (κ3) is 6.34. The van der Waals surface area contributed by atoms with E-state index in [1.807, 2.05) is 70.2 Å². The predicted octanol–water partition coefficient (Wildman–Crippen LogP) is 3.81. The number of rotatable bonds is 4. The van der Waals surface area contributed by atoms with Gasteiger partial charge in [0.05, 0.1) is 13.7 Å². The maximum Gasteiger partial charge on any atom is 0.248 e. The Morgan fingerprint density at radius 1 is 1.23 bits per heavy atom. The van der Waals surface area contributed by atoms with Gasteiger partial charge in [-0.15, -0.1) is 9.24 Å². The van der Waals surface area contributed by atoms with Crippen LogP contribution in [0.25, 0.3) is 6.08 Å².